The Balaban J connectivity index is 1.76. The van der Waals surface area contributed by atoms with Crippen molar-refractivity contribution in [1.82, 2.24) is 9.97 Å². The van der Waals surface area contributed by atoms with Gasteiger partial charge in [0.25, 0.3) is 0 Å². The average Bonchev–Trinajstić information content (AvgIpc) is 2.38. The average molecular weight is 237 g/mol. The molecule has 0 saturated heterocycles. The predicted molar refractivity (Wildman–Crippen MR) is 67.3 cm³/mol. The molecular formula is C12H19N3S. The summed E-state index contributed by atoms with van der Waals surface area (Å²) in [5.74, 6) is 1.65. The second-order valence-electron chi connectivity index (χ2n) is 4.40. The van der Waals surface area contributed by atoms with Gasteiger partial charge in [0, 0.05) is 24.2 Å². The summed E-state index contributed by atoms with van der Waals surface area (Å²) in [4.78, 5) is 8.38. The van der Waals surface area contributed by atoms with Crippen LogP contribution in [0, 0.1) is 5.92 Å². The van der Waals surface area contributed by atoms with Crippen molar-refractivity contribution in [3.05, 3.63) is 18.5 Å². The van der Waals surface area contributed by atoms with Gasteiger partial charge in [-0.3, -0.25) is 0 Å². The van der Waals surface area contributed by atoms with Gasteiger partial charge in [0.05, 0.1) is 0 Å². The molecule has 0 amide bonds. The Bertz CT molecular complexity index is 298. The van der Waals surface area contributed by atoms with Crippen molar-refractivity contribution in [2.24, 2.45) is 11.7 Å². The minimum Gasteiger partial charge on any atom is -0.327 e. The topological polar surface area (TPSA) is 51.8 Å². The molecule has 1 aliphatic carbocycles. The molecule has 0 aliphatic heterocycles. The lowest BCUT2D eigenvalue weighted by molar-refractivity contribution is 0.319. The van der Waals surface area contributed by atoms with Crippen LogP contribution in [0.5, 0.6) is 0 Å². The van der Waals surface area contributed by atoms with E-state index in [1.807, 2.05) is 6.07 Å². The van der Waals surface area contributed by atoms with Crippen molar-refractivity contribution < 1.29 is 0 Å². The first-order valence-corrected chi connectivity index (χ1v) is 7.00. The third-order valence-corrected chi connectivity index (χ3v) is 4.22. The van der Waals surface area contributed by atoms with Gasteiger partial charge in [-0.15, -0.1) is 0 Å². The molecule has 2 N–H and O–H groups in total. The van der Waals surface area contributed by atoms with Crippen molar-refractivity contribution in [2.45, 2.75) is 43.3 Å². The fraction of sp³-hybridized carbons (Fsp3) is 0.667. The van der Waals surface area contributed by atoms with Crippen LogP contribution in [0.4, 0.5) is 0 Å². The van der Waals surface area contributed by atoms with E-state index in [9.17, 15) is 0 Å². The monoisotopic (exact) mass is 237 g/mol. The van der Waals surface area contributed by atoms with Gasteiger partial charge >= 0.3 is 0 Å². The third-order valence-electron chi connectivity index (χ3n) is 3.20. The fourth-order valence-corrected chi connectivity index (χ4v) is 3.11. The Hall–Kier alpha value is -0.610. The maximum absolute atomic E-state index is 6.22. The maximum atomic E-state index is 6.22. The van der Waals surface area contributed by atoms with E-state index in [1.54, 1.807) is 24.2 Å². The fourth-order valence-electron chi connectivity index (χ4n) is 2.23. The molecule has 0 bridgehead atoms. The summed E-state index contributed by atoms with van der Waals surface area (Å²) in [5, 5.41) is 0.841. The number of aromatic nitrogens is 2. The van der Waals surface area contributed by atoms with E-state index in [4.69, 9.17) is 5.73 Å². The Morgan fingerprint density at radius 3 is 2.62 bits per heavy atom. The van der Waals surface area contributed by atoms with E-state index in [0.717, 1.165) is 10.9 Å². The van der Waals surface area contributed by atoms with Gasteiger partial charge in [-0.2, -0.15) is 0 Å². The SMILES string of the molecule is NC(CSc1ncccn1)C1CCCCC1. The normalized spacial score (nSPS) is 19.6. The minimum absolute atomic E-state index is 0.300. The lowest BCUT2D eigenvalue weighted by atomic mass is 9.85. The van der Waals surface area contributed by atoms with Crippen LogP contribution in [0.2, 0.25) is 0 Å². The predicted octanol–water partition coefficient (Wildman–Crippen LogP) is 2.48. The zero-order chi connectivity index (χ0) is 11.2. The van der Waals surface area contributed by atoms with Crippen LogP contribution in [-0.4, -0.2) is 21.8 Å². The van der Waals surface area contributed by atoms with Crippen LogP contribution in [0.3, 0.4) is 0 Å². The number of rotatable bonds is 4. The molecule has 16 heavy (non-hydrogen) atoms. The number of nitrogens with zero attached hydrogens (tertiary/aromatic N) is 2. The highest BCUT2D eigenvalue weighted by atomic mass is 32.2. The van der Waals surface area contributed by atoms with Crippen LogP contribution >= 0.6 is 11.8 Å². The van der Waals surface area contributed by atoms with Crippen LogP contribution in [0.1, 0.15) is 32.1 Å². The molecule has 1 aliphatic rings. The Morgan fingerprint density at radius 1 is 1.25 bits per heavy atom. The van der Waals surface area contributed by atoms with Crippen molar-refractivity contribution in [3.8, 4) is 0 Å². The van der Waals surface area contributed by atoms with Gasteiger partial charge in [-0.1, -0.05) is 31.0 Å². The number of hydrogen-bond acceptors (Lipinski definition) is 4. The molecule has 1 atom stereocenters. The Labute approximate surface area is 101 Å². The zero-order valence-corrected chi connectivity index (χ0v) is 10.3. The van der Waals surface area contributed by atoms with E-state index >= 15 is 0 Å². The molecule has 4 heteroatoms. The summed E-state index contributed by atoms with van der Waals surface area (Å²) < 4.78 is 0. The Morgan fingerprint density at radius 2 is 1.94 bits per heavy atom. The molecular weight excluding hydrogens is 218 g/mol. The van der Waals surface area contributed by atoms with Gasteiger partial charge in [0.15, 0.2) is 5.16 Å². The molecule has 88 valence electrons. The van der Waals surface area contributed by atoms with Crippen LogP contribution in [0.25, 0.3) is 0 Å². The molecule has 1 heterocycles. The van der Waals surface area contributed by atoms with Crippen LogP contribution < -0.4 is 5.73 Å². The first kappa shape index (κ1) is 11.9. The second-order valence-corrected chi connectivity index (χ2v) is 5.39. The quantitative estimate of drug-likeness (QED) is 0.645. The van der Waals surface area contributed by atoms with E-state index in [2.05, 4.69) is 9.97 Å². The van der Waals surface area contributed by atoms with Crippen molar-refractivity contribution in [2.75, 3.05) is 5.75 Å². The van der Waals surface area contributed by atoms with Crippen LogP contribution in [0.15, 0.2) is 23.6 Å². The number of hydrogen-bond donors (Lipinski definition) is 1. The van der Waals surface area contributed by atoms with Gasteiger partial charge < -0.3 is 5.73 Å². The van der Waals surface area contributed by atoms with Crippen molar-refractivity contribution >= 4 is 11.8 Å². The number of thioether (sulfide) groups is 1. The van der Waals surface area contributed by atoms with Crippen molar-refractivity contribution in [1.29, 1.82) is 0 Å². The third kappa shape index (κ3) is 3.46. The summed E-state index contributed by atoms with van der Waals surface area (Å²) in [6, 6.07) is 2.14. The summed E-state index contributed by atoms with van der Waals surface area (Å²) in [6.07, 6.45) is 10.3. The number of nitrogens with two attached hydrogens (primary N) is 1. The van der Waals surface area contributed by atoms with Gasteiger partial charge in [0.2, 0.25) is 0 Å². The summed E-state index contributed by atoms with van der Waals surface area (Å²) >= 11 is 1.67. The smallest absolute Gasteiger partial charge is 0.187 e. The maximum Gasteiger partial charge on any atom is 0.187 e. The highest BCUT2D eigenvalue weighted by Crippen LogP contribution is 2.27. The molecule has 1 fully saturated rings. The molecule has 1 aromatic rings. The second kappa shape index (κ2) is 6.21. The first-order chi connectivity index (χ1) is 7.86. The molecule has 1 saturated carbocycles. The molecule has 0 aromatic carbocycles. The largest absolute Gasteiger partial charge is 0.327 e. The lowest BCUT2D eigenvalue weighted by Gasteiger charge is -2.26. The van der Waals surface area contributed by atoms with E-state index in [0.29, 0.717) is 12.0 Å². The molecule has 0 radical (unpaired) electrons. The standard InChI is InChI=1S/C12H19N3S/c13-11(10-5-2-1-3-6-10)9-16-12-14-7-4-8-15-12/h4,7-8,10-11H,1-3,5-6,9,13H2. The molecule has 1 unspecified atom stereocenters. The highest BCUT2D eigenvalue weighted by Gasteiger charge is 2.20. The molecule has 2 rings (SSSR count). The van der Waals surface area contributed by atoms with Gasteiger partial charge in [0.1, 0.15) is 0 Å². The van der Waals surface area contributed by atoms with Gasteiger partial charge in [-0.25, -0.2) is 9.97 Å². The van der Waals surface area contributed by atoms with Gasteiger partial charge in [-0.05, 0) is 24.8 Å². The molecule has 3 nitrogen and oxygen atoms in total. The molecule has 1 aromatic heterocycles. The Kier molecular flexibility index (Phi) is 4.60. The summed E-state index contributed by atoms with van der Waals surface area (Å²) in [7, 11) is 0. The molecule has 0 spiro atoms. The summed E-state index contributed by atoms with van der Waals surface area (Å²) in [6.45, 7) is 0. The summed E-state index contributed by atoms with van der Waals surface area (Å²) in [5.41, 5.74) is 6.22. The minimum atomic E-state index is 0.300. The first-order valence-electron chi connectivity index (χ1n) is 6.01. The van der Waals surface area contributed by atoms with E-state index in [1.165, 1.54) is 32.1 Å². The highest BCUT2D eigenvalue weighted by molar-refractivity contribution is 7.99. The van der Waals surface area contributed by atoms with E-state index < -0.39 is 0 Å². The van der Waals surface area contributed by atoms with E-state index in [-0.39, 0.29) is 0 Å². The van der Waals surface area contributed by atoms with Crippen LogP contribution in [-0.2, 0) is 0 Å². The van der Waals surface area contributed by atoms with Crippen molar-refractivity contribution in [3.63, 3.8) is 0 Å². The zero-order valence-electron chi connectivity index (χ0n) is 9.51. The lowest BCUT2D eigenvalue weighted by Crippen LogP contribution is -2.33.